The van der Waals surface area contributed by atoms with Gasteiger partial charge in [0, 0.05) is 12.1 Å². The van der Waals surface area contributed by atoms with Crippen LogP contribution in [0.1, 0.15) is 39.5 Å². The van der Waals surface area contributed by atoms with Crippen molar-refractivity contribution in [3.8, 4) is 0 Å². The van der Waals surface area contributed by atoms with Gasteiger partial charge in [-0.2, -0.15) is 0 Å². The monoisotopic (exact) mass is 275 g/mol. The predicted octanol–water partition coefficient (Wildman–Crippen LogP) is 4.62. The normalized spacial score (nSPS) is 22.3. The molecule has 1 aliphatic carbocycles. The van der Waals surface area contributed by atoms with Crippen LogP contribution in [-0.2, 0) is 0 Å². The van der Waals surface area contributed by atoms with Crippen molar-refractivity contribution in [2.75, 3.05) is 5.32 Å². The van der Waals surface area contributed by atoms with Gasteiger partial charge in [-0.1, -0.05) is 26.7 Å². The quantitative estimate of drug-likeness (QED) is 0.613. The number of hydrogen-bond acceptors (Lipinski definition) is 1. The van der Waals surface area contributed by atoms with Gasteiger partial charge in [-0.15, -0.1) is 0 Å². The lowest BCUT2D eigenvalue weighted by Gasteiger charge is -2.39. The highest BCUT2D eigenvalue weighted by Crippen LogP contribution is 2.38. The zero-order chi connectivity index (χ0) is 14.2. The van der Waals surface area contributed by atoms with E-state index in [9.17, 15) is 17.6 Å². The first-order valence-corrected chi connectivity index (χ1v) is 6.42. The van der Waals surface area contributed by atoms with Gasteiger partial charge >= 0.3 is 0 Å². The molecular weight excluding hydrogens is 258 g/mol. The van der Waals surface area contributed by atoms with Gasteiger partial charge in [-0.25, -0.2) is 17.6 Å². The Morgan fingerprint density at radius 2 is 1.63 bits per heavy atom. The van der Waals surface area contributed by atoms with Crippen LogP contribution in [0.4, 0.5) is 23.2 Å². The van der Waals surface area contributed by atoms with Gasteiger partial charge in [-0.3, -0.25) is 0 Å². The van der Waals surface area contributed by atoms with Crippen LogP contribution >= 0.6 is 0 Å². The Bertz CT molecular complexity index is 459. The number of anilines is 1. The molecule has 0 amide bonds. The first-order valence-electron chi connectivity index (χ1n) is 6.42. The molecule has 0 bridgehead atoms. The van der Waals surface area contributed by atoms with Crippen molar-refractivity contribution in [1.82, 2.24) is 0 Å². The molecule has 1 atom stereocenters. The first-order chi connectivity index (χ1) is 8.83. The molecule has 1 saturated carbocycles. The summed E-state index contributed by atoms with van der Waals surface area (Å²) in [4.78, 5) is 0. The van der Waals surface area contributed by atoms with Crippen LogP contribution in [0.25, 0.3) is 0 Å². The summed E-state index contributed by atoms with van der Waals surface area (Å²) in [5, 5.41) is 2.66. The summed E-state index contributed by atoms with van der Waals surface area (Å²) in [6.45, 7) is 3.96. The highest BCUT2D eigenvalue weighted by Gasteiger charge is 2.34. The molecule has 2 rings (SSSR count). The lowest BCUT2D eigenvalue weighted by Crippen LogP contribution is -2.39. The smallest absolute Gasteiger partial charge is 0.185 e. The van der Waals surface area contributed by atoms with Gasteiger partial charge in [0.25, 0.3) is 0 Å². The molecule has 1 nitrogen and oxygen atoms in total. The summed E-state index contributed by atoms with van der Waals surface area (Å²) < 4.78 is 53.5. The molecule has 0 spiro atoms. The van der Waals surface area contributed by atoms with Crippen molar-refractivity contribution in [2.24, 2.45) is 5.41 Å². The van der Waals surface area contributed by atoms with Crippen molar-refractivity contribution in [2.45, 2.75) is 45.6 Å². The highest BCUT2D eigenvalue weighted by molar-refractivity contribution is 5.48. The SMILES string of the molecule is CC1(C)CCCCC1Nc1c(F)c(F)cc(F)c1F. The molecule has 1 aromatic rings. The Hall–Kier alpha value is -1.26. The van der Waals surface area contributed by atoms with Gasteiger partial charge in [0.2, 0.25) is 0 Å². The van der Waals surface area contributed by atoms with E-state index in [4.69, 9.17) is 0 Å². The maximum atomic E-state index is 13.6. The average molecular weight is 275 g/mol. The van der Waals surface area contributed by atoms with Crippen LogP contribution < -0.4 is 5.32 Å². The second kappa shape index (κ2) is 5.02. The van der Waals surface area contributed by atoms with Crippen molar-refractivity contribution in [3.63, 3.8) is 0 Å². The Kier molecular flexibility index (Phi) is 3.74. The average Bonchev–Trinajstić information content (AvgIpc) is 2.33. The van der Waals surface area contributed by atoms with Crippen LogP contribution in [0.15, 0.2) is 6.07 Å². The number of rotatable bonds is 2. The van der Waals surface area contributed by atoms with Crippen LogP contribution in [0, 0.1) is 28.7 Å². The van der Waals surface area contributed by atoms with Gasteiger partial charge in [0.15, 0.2) is 23.3 Å². The van der Waals surface area contributed by atoms with Crippen molar-refractivity contribution < 1.29 is 17.6 Å². The molecule has 19 heavy (non-hydrogen) atoms. The van der Waals surface area contributed by atoms with E-state index in [1.807, 2.05) is 13.8 Å². The van der Waals surface area contributed by atoms with Crippen molar-refractivity contribution in [1.29, 1.82) is 0 Å². The van der Waals surface area contributed by atoms with E-state index in [2.05, 4.69) is 5.32 Å². The fraction of sp³-hybridized carbons (Fsp3) is 0.571. The highest BCUT2D eigenvalue weighted by atomic mass is 19.2. The summed E-state index contributed by atoms with van der Waals surface area (Å²) >= 11 is 0. The number of benzene rings is 1. The molecule has 0 aromatic heterocycles. The third kappa shape index (κ3) is 2.69. The lowest BCUT2D eigenvalue weighted by molar-refractivity contribution is 0.216. The summed E-state index contributed by atoms with van der Waals surface area (Å²) in [5.41, 5.74) is -0.864. The summed E-state index contributed by atoms with van der Waals surface area (Å²) in [6, 6.07) is 0.0217. The molecule has 0 heterocycles. The zero-order valence-electron chi connectivity index (χ0n) is 11.0. The molecule has 1 fully saturated rings. The Balaban J connectivity index is 2.33. The van der Waals surface area contributed by atoms with Gasteiger partial charge in [0.1, 0.15) is 5.69 Å². The zero-order valence-corrected chi connectivity index (χ0v) is 11.0. The minimum atomic E-state index is -1.38. The molecule has 5 heteroatoms. The van der Waals surface area contributed by atoms with E-state index in [1.165, 1.54) is 0 Å². The second-order valence-electron chi connectivity index (χ2n) is 5.77. The van der Waals surface area contributed by atoms with Gasteiger partial charge < -0.3 is 5.32 Å². The Morgan fingerprint density at radius 1 is 1.05 bits per heavy atom. The van der Waals surface area contributed by atoms with Crippen LogP contribution in [0.5, 0.6) is 0 Å². The minimum absolute atomic E-state index is 0.167. The van der Waals surface area contributed by atoms with E-state index >= 15 is 0 Å². The van der Waals surface area contributed by atoms with E-state index in [0.717, 1.165) is 25.7 Å². The first kappa shape index (κ1) is 14.2. The standard InChI is InChI=1S/C14H17F4N/c1-14(2)6-4-3-5-10(14)19-13-11(17)8(15)7-9(16)12(13)18/h7,10,19H,3-6H2,1-2H3. The van der Waals surface area contributed by atoms with Crippen LogP contribution in [0.2, 0.25) is 0 Å². The van der Waals surface area contributed by atoms with Gasteiger partial charge in [-0.05, 0) is 18.3 Å². The largest absolute Gasteiger partial charge is 0.377 e. The molecule has 1 N–H and O–H groups in total. The predicted molar refractivity (Wildman–Crippen MR) is 65.9 cm³/mol. The van der Waals surface area contributed by atoms with E-state index in [0.29, 0.717) is 0 Å². The summed E-state index contributed by atoms with van der Waals surface area (Å²) in [6.07, 6.45) is 3.62. The molecule has 0 saturated heterocycles. The van der Waals surface area contributed by atoms with Crippen LogP contribution in [-0.4, -0.2) is 6.04 Å². The molecule has 1 aliphatic rings. The summed E-state index contributed by atoms with van der Waals surface area (Å²) in [7, 11) is 0. The fourth-order valence-corrected chi connectivity index (χ4v) is 2.64. The van der Waals surface area contributed by atoms with Crippen molar-refractivity contribution >= 4 is 5.69 Å². The van der Waals surface area contributed by atoms with E-state index < -0.39 is 29.0 Å². The second-order valence-corrected chi connectivity index (χ2v) is 5.77. The maximum absolute atomic E-state index is 13.6. The van der Waals surface area contributed by atoms with Gasteiger partial charge in [0.05, 0.1) is 0 Å². The number of nitrogens with one attached hydrogen (secondary N) is 1. The summed E-state index contributed by atoms with van der Waals surface area (Å²) in [5.74, 6) is -5.48. The Morgan fingerprint density at radius 3 is 2.16 bits per heavy atom. The molecular formula is C14H17F4N. The number of halogens is 4. The number of hydrogen-bond donors (Lipinski definition) is 1. The molecule has 1 aromatic carbocycles. The third-order valence-corrected chi connectivity index (χ3v) is 3.94. The molecule has 1 unspecified atom stereocenters. The van der Waals surface area contributed by atoms with Crippen molar-refractivity contribution in [3.05, 3.63) is 29.3 Å². The van der Waals surface area contributed by atoms with E-state index in [1.54, 1.807) is 0 Å². The van der Waals surface area contributed by atoms with Crippen LogP contribution in [0.3, 0.4) is 0 Å². The molecule has 0 radical (unpaired) electrons. The topological polar surface area (TPSA) is 12.0 Å². The Labute approximate surface area is 110 Å². The van der Waals surface area contributed by atoms with E-state index in [-0.39, 0.29) is 17.5 Å². The fourth-order valence-electron chi connectivity index (χ4n) is 2.64. The maximum Gasteiger partial charge on any atom is 0.185 e. The molecule has 106 valence electrons. The lowest BCUT2D eigenvalue weighted by atomic mass is 9.73. The third-order valence-electron chi connectivity index (χ3n) is 3.94. The molecule has 0 aliphatic heterocycles. The minimum Gasteiger partial charge on any atom is -0.377 e.